The molecule has 0 aromatic heterocycles. The van der Waals surface area contributed by atoms with Crippen LogP contribution in [0, 0.1) is 0 Å². The largest absolute Gasteiger partial charge is 0.506 e. The number of fused-ring (bicyclic) bond motifs is 1. The Kier molecular flexibility index (Phi) is 5.36. The Morgan fingerprint density at radius 3 is 2.73 bits per heavy atom. The van der Waals surface area contributed by atoms with Gasteiger partial charge in [0.1, 0.15) is 9.99 Å². The molecule has 0 fully saturated rings. The van der Waals surface area contributed by atoms with Gasteiger partial charge in [0.15, 0.2) is 0 Å². The first-order chi connectivity index (χ1) is 12.3. The van der Waals surface area contributed by atoms with Gasteiger partial charge in [-0.05, 0) is 12.5 Å². The molecule has 26 heavy (non-hydrogen) atoms. The minimum Gasteiger partial charge on any atom is -0.506 e. The molecular weight excluding hydrogens is 396 g/mol. The molecular formula is C17H17ClN2O4S2. The third kappa shape index (κ3) is 3.92. The molecule has 1 aliphatic rings. The number of sulfonamides is 1. The number of phenolic OH excluding ortho intramolecular Hbond substituents is 1. The summed E-state index contributed by atoms with van der Waals surface area (Å²) < 4.78 is 28.2. The maximum atomic E-state index is 12.7. The second-order valence-electron chi connectivity index (χ2n) is 5.84. The summed E-state index contributed by atoms with van der Waals surface area (Å²) in [4.78, 5) is 11.0. The van der Waals surface area contributed by atoms with E-state index >= 15 is 0 Å². The van der Waals surface area contributed by atoms with Crippen molar-refractivity contribution in [2.24, 2.45) is 0 Å². The first-order valence-corrected chi connectivity index (χ1v) is 10.6. The van der Waals surface area contributed by atoms with Crippen molar-refractivity contribution < 1.29 is 18.3 Å². The van der Waals surface area contributed by atoms with E-state index in [2.05, 4.69) is 10.0 Å². The van der Waals surface area contributed by atoms with E-state index in [4.69, 9.17) is 11.6 Å². The monoisotopic (exact) mass is 412 g/mol. The Morgan fingerprint density at radius 2 is 2.04 bits per heavy atom. The van der Waals surface area contributed by atoms with Crippen LogP contribution in [0.25, 0.3) is 10.8 Å². The molecule has 2 aromatic carbocycles. The number of hydrogen-bond acceptors (Lipinski definition) is 5. The molecule has 1 amide bonds. The highest BCUT2D eigenvalue weighted by Gasteiger charge is 2.28. The minimum absolute atomic E-state index is 0.0226. The summed E-state index contributed by atoms with van der Waals surface area (Å²) >= 11 is 7.24. The lowest BCUT2D eigenvalue weighted by atomic mass is 10.1. The van der Waals surface area contributed by atoms with Gasteiger partial charge in [0.2, 0.25) is 5.91 Å². The average Bonchev–Trinajstić information content (AvgIpc) is 3.07. The molecule has 0 radical (unpaired) electrons. The molecule has 0 saturated heterocycles. The number of amides is 1. The van der Waals surface area contributed by atoms with Crippen LogP contribution in [0.15, 0.2) is 40.6 Å². The summed E-state index contributed by atoms with van der Waals surface area (Å²) in [7, 11) is -3.78. The molecule has 138 valence electrons. The van der Waals surface area contributed by atoms with Crippen molar-refractivity contribution >= 4 is 55.8 Å². The van der Waals surface area contributed by atoms with E-state index in [9.17, 15) is 18.3 Å². The molecule has 1 aliphatic heterocycles. The number of carbonyl (C=O) groups is 1. The predicted octanol–water partition coefficient (Wildman–Crippen LogP) is 3.42. The van der Waals surface area contributed by atoms with E-state index in [1.807, 2.05) is 0 Å². The van der Waals surface area contributed by atoms with E-state index in [0.29, 0.717) is 29.4 Å². The van der Waals surface area contributed by atoms with Crippen molar-refractivity contribution in [1.29, 1.82) is 0 Å². The summed E-state index contributed by atoms with van der Waals surface area (Å²) in [6, 6.07) is 8.26. The van der Waals surface area contributed by atoms with Gasteiger partial charge in [0, 0.05) is 29.5 Å². The smallest absolute Gasteiger partial charge is 0.267 e. The summed E-state index contributed by atoms with van der Waals surface area (Å²) in [5.74, 6) is -0.236. The molecule has 0 spiro atoms. The number of hydrogen-bond donors (Lipinski definition) is 3. The number of anilines is 1. The van der Waals surface area contributed by atoms with Crippen LogP contribution >= 0.6 is 23.4 Å². The van der Waals surface area contributed by atoms with Crippen LogP contribution < -0.4 is 10.0 Å². The number of rotatable bonds is 5. The lowest BCUT2D eigenvalue weighted by Crippen LogP contribution is -2.27. The van der Waals surface area contributed by atoms with E-state index in [1.165, 1.54) is 24.8 Å². The Bertz CT molecular complexity index is 1010. The van der Waals surface area contributed by atoms with Crippen molar-refractivity contribution in [2.75, 3.05) is 11.3 Å². The molecule has 1 atom stereocenters. The highest BCUT2D eigenvalue weighted by Crippen LogP contribution is 2.40. The van der Waals surface area contributed by atoms with Crippen LogP contribution in [-0.4, -0.2) is 31.2 Å². The van der Waals surface area contributed by atoms with Gasteiger partial charge in [-0.15, -0.1) is 11.8 Å². The summed E-state index contributed by atoms with van der Waals surface area (Å²) in [6.07, 6.45) is 2.20. The molecule has 0 saturated carbocycles. The molecule has 1 heterocycles. The van der Waals surface area contributed by atoms with Crippen LogP contribution in [0.2, 0.25) is 5.02 Å². The van der Waals surface area contributed by atoms with Gasteiger partial charge < -0.3 is 10.4 Å². The number of phenols is 1. The standard InChI is InChI=1S/C17H17ClN2O4S2/c1-10(21)19-9-11-6-7-16(25-11)26(23,24)20-15-8-14(18)17(22)13-5-3-2-4-12(13)15/h2-5,7-8,11,20,22H,6,9H2,1H3,(H,19,21). The third-order valence-electron chi connectivity index (χ3n) is 3.89. The van der Waals surface area contributed by atoms with Crippen LogP contribution in [-0.2, 0) is 14.8 Å². The fourth-order valence-corrected chi connectivity index (χ4v) is 5.65. The Morgan fingerprint density at radius 1 is 1.35 bits per heavy atom. The molecule has 6 nitrogen and oxygen atoms in total. The lowest BCUT2D eigenvalue weighted by Gasteiger charge is -2.14. The number of allylic oxidation sites excluding steroid dienone is 1. The van der Waals surface area contributed by atoms with Crippen LogP contribution in [0.4, 0.5) is 5.69 Å². The zero-order chi connectivity index (χ0) is 18.9. The summed E-state index contributed by atoms with van der Waals surface area (Å²) in [5, 5.41) is 13.8. The van der Waals surface area contributed by atoms with Gasteiger partial charge in [-0.25, -0.2) is 8.42 Å². The van der Waals surface area contributed by atoms with Gasteiger partial charge in [0.25, 0.3) is 10.0 Å². The first kappa shape index (κ1) is 18.9. The number of thioether (sulfide) groups is 1. The van der Waals surface area contributed by atoms with E-state index in [0.717, 1.165) is 0 Å². The highest BCUT2D eigenvalue weighted by molar-refractivity contribution is 8.19. The third-order valence-corrected chi connectivity index (χ3v) is 7.40. The molecule has 9 heteroatoms. The Hall–Kier alpha value is -1.90. The summed E-state index contributed by atoms with van der Waals surface area (Å²) in [6.45, 7) is 1.83. The zero-order valence-electron chi connectivity index (χ0n) is 13.8. The quantitative estimate of drug-likeness (QED) is 0.654. The van der Waals surface area contributed by atoms with Crippen LogP contribution in [0.1, 0.15) is 13.3 Å². The number of aromatic hydroxyl groups is 1. The lowest BCUT2D eigenvalue weighted by molar-refractivity contribution is -0.118. The van der Waals surface area contributed by atoms with E-state index in [-0.39, 0.29) is 26.2 Å². The second kappa shape index (κ2) is 7.38. The second-order valence-corrected chi connectivity index (χ2v) is 9.50. The molecule has 2 aromatic rings. The fraction of sp³-hybridized carbons (Fsp3) is 0.235. The van der Waals surface area contributed by atoms with Crippen molar-refractivity contribution in [2.45, 2.75) is 18.6 Å². The van der Waals surface area contributed by atoms with Gasteiger partial charge in [0.05, 0.1) is 10.7 Å². The van der Waals surface area contributed by atoms with Crippen molar-refractivity contribution in [3.8, 4) is 5.75 Å². The number of halogens is 1. The van der Waals surface area contributed by atoms with E-state index in [1.54, 1.807) is 30.3 Å². The molecule has 0 bridgehead atoms. The van der Waals surface area contributed by atoms with Crippen molar-refractivity contribution in [1.82, 2.24) is 5.32 Å². The van der Waals surface area contributed by atoms with Gasteiger partial charge in [-0.2, -0.15) is 0 Å². The van der Waals surface area contributed by atoms with Crippen LogP contribution in [0.5, 0.6) is 5.75 Å². The van der Waals surface area contributed by atoms with Gasteiger partial charge in [-0.1, -0.05) is 41.9 Å². The Balaban J connectivity index is 1.84. The SMILES string of the molecule is CC(=O)NCC1CC=C(S(=O)(=O)Nc2cc(Cl)c(O)c3ccccc23)S1. The average molecular weight is 413 g/mol. The topological polar surface area (TPSA) is 95.5 Å². The molecule has 3 N–H and O–H groups in total. The normalized spacial score (nSPS) is 17.2. The van der Waals surface area contributed by atoms with Crippen LogP contribution in [0.3, 0.4) is 0 Å². The van der Waals surface area contributed by atoms with Gasteiger partial charge in [-0.3, -0.25) is 9.52 Å². The highest BCUT2D eigenvalue weighted by atomic mass is 35.5. The van der Waals surface area contributed by atoms with E-state index < -0.39 is 10.0 Å². The zero-order valence-corrected chi connectivity index (χ0v) is 16.2. The first-order valence-electron chi connectivity index (χ1n) is 7.82. The maximum absolute atomic E-state index is 12.7. The molecule has 3 rings (SSSR count). The number of carbonyl (C=O) groups excluding carboxylic acids is 1. The molecule has 0 aliphatic carbocycles. The Labute approximate surface area is 160 Å². The summed E-state index contributed by atoms with van der Waals surface area (Å²) in [5.41, 5.74) is 0.301. The maximum Gasteiger partial charge on any atom is 0.267 e. The minimum atomic E-state index is -3.78. The van der Waals surface area contributed by atoms with Gasteiger partial charge >= 0.3 is 0 Å². The number of benzene rings is 2. The molecule has 1 unspecified atom stereocenters. The van der Waals surface area contributed by atoms with Crippen molar-refractivity contribution in [3.05, 3.63) is 45.7 Å². The van der Waals surface area contributed by atoms with Crippen molar-refractivity contribution in [3.63, 3.8) is 0 Å². The predicted molar refractivity (Wildman–Crippen MR) is 106 cm³/mol. The fourth-order valence-electron chi connectivity index (χ4n) is 2.65. The number of nitrogens with one attached hydrogen (secondary N) is 2.